The summed E-state index contributed by atoms with van der Waals surface area (Å²) >= 11 is 0.254. The molecule has 0 heterocycles. The summed E-state index contributed by atoms with van der Waals surface area (Å²) in [4.78, 5) is 0. The average Bonchev–Trinajstić information content (AvgIpc) is 2.75. The number of hydrogen-bond acceptors (Lipinski definition) is 0. The normalized spacial score (nSPS) is 19.1. The Morgan fingerprint density at radius 1 is 0.923 bits per heavy atom. The van der Waals surface area contributed by atoms with Crippen LogP contribution in [0.15, 0.2) is 47.6 Å². The van der Waals surface area contributed by atoms with Crippen LogP contribution in [-0.2, 0) is 19.2 Å². The molecule has 0 aromatic rings. The molecule has 0 unspecified atom stereocenters. The quantitative estimate of drug-likeness (QED) is 0.615. The van der Waals surface area contributed by atoms with Crippen molar-refractivity contribution in [1.82, 2.24) is 0 Å². The van der Waals surface area contributed by atoms with Gasteiger partial charge in [0.1, 0.15) is 0 Å². The van der Waals surface area contributed by atoms with Crippen molar-refractivity contribution in [2.45, 2.75) is 22.3 Å². The molecule has 0 nitrogen and oxygen atoms in total. The summed E-state index contributed by atoms with van der Waals surface area (Å²) in [5, 5.41) is 0. The van der Waals surface area contributed by atoms with Gasteiger partial charge in [-0.05, 0) is 0 Å². The van der Waals surface area contributed by atoms with E-state index in [4.69, 9.17) is 0 Å². The van der Waals surface area contributed by atoms with E-state index in [1.54, 1.807) is 11.1 Å². The maximum absolute atomic E-state index is 2.30. The van der Waals surface area contributed by atoms with Crippen LogP contribution in [0.4, 0.5) is 0 Å². The number of hydrogen-bond donors (Lipinski definition) is 0. The summed E-state index contributed by atoms with van der Waals surface area (Å²) < 4.78 is 2.81. The molecule has 0 bridgehead atoms. The Hall–Kier alpha value is -0.326. The molecule has 0 aromatic heterocycles. The van der Waals surface area contributed by atoms with E-state index in [-0.39, 0.29) is 19.2 Å². The molecule has 2 rings (SSSR count). The fourth-order valence-corrected chi connectivity index (χ4v) is 3.65. The van der Waals surface area contributed by atoms with Gasteiger partial charge in [0.15, 0.2) is 0 Å². The Morgan fingerprint density at radius 3 is 1.85 bits per heavy atom. The third-order valence-electron chi connectivity index (χ3n) is 2.40. The molecule has 2 aliphatic carbocycles. The Balaban J connectivity index is 1.64. The van der Waals surface area contributed by atoms with Crippen LogP contribution in [-0.4, -0.2) is 0 Å². The van der Waals surface area contributed by atoms with Gasteiger partial charge in [0.25, 0.3) is 0 Å². The van der Waals surface area contributed by atoms with Crippen molar-refractivity contribution in [2.24, 2.45) is 0 Å². The molecule has 13 heavy (non-hydrogen) atoms. The van der Waals surface area contributed by atoms with Gasteiger partial charge < -0.3 is 0 Å². The molecule has 0 radical (unpaired) electrons. The van der Waals surface area contributed by atoms with Crippen molar-refractivity contribution >= 4 is 0 Å². The third-order valence-corrected chi connectivity index (χ3v) is 4.60. The fourth-order valence-electron chi connectivity index (χ4n) is 1.63. The van der Waals surface area contributed by atoms with Crippen molar-refractivity contribution in [3.8, 4) is 0 Å². The van der Waals surface area contributed by atoms with E-state index >= 15 is 0 Å². The molecule has 2 aliphatic rings. The Kier molecular flexibility index (Phi) is 3.40. The van der Waals surface area contributed by atoms with Crippen molar-refractivity contribution in [3.05, 3.63) is 47.6 Å². The second kappa shape index (κ2) is 4.78. The van der Waals surface area contributed by atoms with Gasteiger partial charge in [-0.1, -0.05) is 0 Å². The van der Waals surface area contributed by atoms with Crippen molar-refractivity contribution in [2.75, 3.05) is 0 Å². The van der Waals surface area contributed by atoms with Crippen LogP contribution in [0.25, 0.3) is 0 Å². The van der Waals surface area contributed by atoms with E-state index in [9.17, 15) is 0 Å². The maximum atomic E-state index is 2.30. The van der Waals surface area contributed by atoms with Crippen LogP contribution >= 0.6 is 0 Å². The first-order valence-corrected chi connectivity index (χ1v) is 7.06. The van der Waals surface area contributed by atoms with Crippen LogP contribution in [0.3, 0.4) is 0 Å². The van der Waals surface area contributed by atoms with Gasteiger partial charge in [0.2, 0.25) is 0 Å². The van der Waals surface area contributed by atoms with Crippen LogP contribution in [0, 0.1) is 0 Å². The average molecular weight is 206 g/mol. The Morgan fingerprint density at radius 2 is 1.46 bits per heavy atom. The van der Waals surface area contributed by atoms with E-state index in [2.05, 4.69) is 36.5 Å². The third kappa shape index (κ3) is 2.82. The van der Waals surface area contributed by atoms with Gasteiger partial charge in [-0.3, -0.25) is 0 Å². The van der Waals surface area contributed by atoms with E-state index < -0.39 is 0 Å². The molecule has 0 fully saturated rings. The van der Waals surface area contributed by atoms with Gasteiger partial charge >= 0.3 is 89.0 Å². The van der Waals surface area contributed by atoms with E-state index in [1.807, 2.05) is 0 Å². The van der Waals surface area contributed by atoms with Gasteiger partial charge in [0, 0.05) is 0 Å². The first kappa shape index (κ1) is 9.24. The molecular weight excluding hydrogens is 192 g/mol. The zero-order valence-electron chi connectivity index (χ0n) is 7.79. The zero-order valence-corrected chi connectivity index (χ0v) is 9.35. The summed E-state index contributed by atoms with van der Waals surface area (Å²) in [6, 6.07) is 0. The predicted octanol–water partition coefficient (Wildman–Crippen LogP) is 3.68. The van der Waals surface area contributed by atoms with Crippen molar-refractivity contribution < 1.29 is 19.2 Å². The molecule has 0 spiro atoms. The number of rotatable bonds is 4. The molecule has 0 atom stereocenters. The molecule has 0 amide bonds. The van der Waals surface area contributed by atoms with E-state index in [0.29, 0.717) is 0 Å². The first-order valence-electron chi connectivity index (χ1n) is 4.85. The topological polar surface area (TPSA) is 0 Å². The molecule has 1 heteroatoms. The summed E-state index contributed by atoms with van der Waals surface area (Å²) in [5.74, 6) is 0. The molecule has 0 saturated heterocycles. The van der Waals surface area contributed by atoms with Crippen molar-refractivity contribution in [1.29, 1.82) is 0 Å². The summed E-state index contributed by atoms with van der Waals surface area (Å²) in [7, 11) is 0. The second-order valence-corrected chi connectivity index (χ2v) is 5.40. The molecule has 0 saturated carbocycles. The predicted molar refractivity (Wildman–Crippen MR) is 53.3 cm³/mol. The SMILES string of the molecule is C1=CCC([CH2][Ti][CH2]C2=CC=CC2)=C1. The minimum atomic E-state index is 0.254. The standard InChI is InChI=1S/2C6H7.Ti/c2*1-6-4-2-3-5-6;/h2*2-4H,1,5H2;. The molecule has 0 aliphatic heterocycles. The van der Waals surface area contributed by atoms with Gasteiger partial charge in [0.05, 0.1) is 0 Å². The van der Waals surface area contributed by atoms with Gasteiger partial charge in [-0.2, -0.15) is 0 Å². The molecule has 66 valence electrons. The zero-order chi connectivity index (χ0) is 8.93. The van der Waals surface area contributed by atoms with Gasteiger partial charge in [-0.15, -0.1) is 0 Å². The van der Waals surface area contributed by atoms with Crippen LogP contribution < -0.4 is 0 Å². The monoisotopic (exact) mass is 206 g/mol. The first-order chi connectivity index (χ1) is 6.45. The molecular formula is C12H14Ti. The Labute approximate surface area is 89.0 Å². The Bertz CT molecular complexity index is 262. The van der Waals surface area contributed by atoms with E-state index in [1.165, 1.54) is 22.3 Å². The van der Waals surface area contributed by atoms with Crippen LogP contribution in [0.1, 0.15) is 12.8 Å². The molecule has 0 N–H and O–H groups in total. The summed E-state index contributed by atoms with van der Waals surface area (Å²) in [6.45, 7) is 0. The second-order valence-electron chi connectivity index (χ2n) is 3.52. The van der Waals surface area contributed by atoms with Gasteiger partial charge in [-0.25, -0.2) is 0 Å². The summed E-state index contributed by atoms with van der Waals surface area (Å²) in [6.07, 6.45) is 15.9. The van der Waals surface area contributed by atoms with Crippen molar-refractivity contribution in [3.63, 3.8) is 0 Å². The number of allylic oxidation sites excluding steroid dienone is 8. The fraction of sp³-hybridized carbons (Fsp3) is 0.333. The summed E-state index contributed by atoms with van der Waals surface area (Å²) in [5.41, 5.74) is 3.32. The van der Waals surface area contributed by atoms with E-state index in [0.717, 1.165) is 0 Å². The van der Waals surface area contributed by atoms with Crippen LogP contribution in [0.2, 0.25) is 9.45 Å². The minimum absolute atomic E-state index is 0.254. The molecule has 0 aromatic carbocycles. The van der Waals surface area contributed by atoms with Crippen LogP contribution in [0.5, 0.6) is 0 Å².